The Morgan fingerprint density at radius 2 is 2.13 bits per heavy atom. The van der Waals surface area contributed by atoms with E-state index >= 15 is 0 Å². The lowest BCUT2D eigenvalue weighted by molar-refractivity contribution is 0.115. The molecule has 0 amide bonds. The van der Waals surface area contributed by atoms with Crippen LogP contribution in [-0.2, 0) is 11.3 Å². The quantitative estimate of drug-likeness (QED) is 0.697. The van der Waals surface area contributed by atoms with E-state index in [1.54, 1.807) is 0 Å². The normalized spacial score (nSPS) is 10.9. The van der Waals surface area contributed by atoms with E-state index in [9.17, 15) is 0 Å². The summed E-state index contributed by atoms with van der Waals surface area (Å²) in [4.78, 5) is 0. The molecule has 15 heavy (non-hydrogen) atoms. The third-order valence-corrected chi connectivity index (χ3v) is 2.72. The van der Waals surface area contributed by atoms with Crippen LogP contribution in [0.15, 0.2) is 28.7 Å². The second-order valence-corrected chi connectivity index (χ2v) is 5.13. The van der Waals surface area contributed by atoms with Gasteiger partial charge < -0.3 is 4.74 Å². The van der Waals surface area contributed by atoms with Gasteiger partial charge in [0.25, 0.3) is 0 Å². The average Bonchev–Trinajstić information content (AvgIpc) is 2.17. The standard InChI is InChI=1S/C13H19BrO/c1-11(2)5-4-8-15-10-12-6-3-7-13(14)9-12/h3,6-7,9,11H,4-5,8,10H2,1-2H3. The fourth-order valence-electron chi connectivity index (χ4n) is 1.41. The van der Waals surface area contributed by atoms with Crippen LogP contribution in [0.4, 0.5) is 0 Å². The smallest absolute Gasteiger partial charge is 0.0717 e. The predicted octanol–water partition coefficient (Wildman–Crippen LogP) is 4.40. The molecule has 0 saturated heterocycles. The van der Waals surface area contributed by atoms with Crippen LogP contribution in [0.1, 0.15) is 32.3 Å². The zero-order valence-electron chi connectivity index (χ0n) is 9.50. The molecule has 0 aliphatic heterocycles. The van der Waals surface area contributed by atoms with Crippen molar-refractivity contribution < 1.29 is 4.74 Å². The van der Waals surface area contributed by atoms with Crippen LogP contribution < -0.4 is 0 Å². The maximum absolute atomic E-state index is 5.60. The number of rotatable bonds is 6. The second-order valence-electron chi connectivity index (χ2n) is 4.22. The molecular formula is C13H19BrO. The van der Waals surface area contributed by atoms with Crippen molar-refractivity contribution in [2.75, 3.05) is 6.61 Å². The summed E-state index contributed by atoms with van der Waals surface area (Å²) in [6.45, 7) is 6.07. The topological polar surface area (TPSA) is 9.23 Å². The summed E-state index contributed by atoms with van der Waals surface area (Å²) in [5, 5.41) is 0. The van der Waals surface area contributed by atoms with E-state index in [2.05, 4.69) is 41.9 Å². The monoisotopic (exact) mass is 270 g/mol. The van der Waals surface area contributed by atoms with Gasteiger partial charge in [0.2, 0.25) is 0 Å². The van der Waals surface area contributed by atoms with Crippen LogP contribution in [0, 0.1) is 5.92 Å². The number of ether oxygens (including phenoxy) is 1. The van der Waals surface area contributed by atoms with Crippen LogP contribution in [0.5, 0.6) is 0 Å². The van der Waals surface area contributed by atoms with Crippen molar-refractivity contribution in [1.29, 1.82) is 0 Å². The van der Waals surface area contributed by atoms with Crippen molar-refractivity contribution in [3.05, 3.63) is 34.3 Å². The summed E-state index contributed by atoms with van der Waals surface area (Å²) in [5.74, 6) is 0.777. The minimum Gasteiger partial charge on any atom is -0.377 e. The molecule has 1 rings (SSSR count). The van der Waals surface area contributed by atoms with Crippen molar-refractivity contribution >= 4 is 15.9 Å². The Labute approximate surface area is 101 Å². The van der Waals surface area contributed by atoms with Crippen LogP contribution in [0.25, 0.3) is 0 Å². The van der Waals surface area contributed by atoms with Gasteiger partial charge in [0.15, 0.2) is 0 Å². The molecule has 0 spiro atoms. The van der Waals surface area contributed by atoms with Crippen LogP contribution in [0.3, 0.4) is 0 Å². The fraction of sp³-hybridized carbons (Fsp3) is 0.538. The van der Waals surface area contributed by atoms with Gasteiger partial charge in [-0.15, -0.1) is 0 Å². The molecular weight excluding hydrogens is 252 g/mol. The summed E-state index contributed by atoms with van der Waals surface area (Å²) in [5.41, 5.74) is 1.23. The third kappa shape index (κ3) is 5.95. The molecule has 0 heterocycles. The lowest BCUT2D eigenvalue weighted by Crippen LogP contribution is -1.97. The number of hydrogen-bond acceptors (Lipinski definition) is 1. The Bertz CT molecular complexity index is 284. The Morgan fingerprint density at radius 1 is 1.33 bits per heavy atom. The molecule has 0 aromatic heterocycles. The number of benzene rings is 1. The Hall–Kier alpha value is -0.340. The van der Waals surface area contributed by atoms with Gasteiger partial charge in [-0.05, 0) is 36.5 Å². The minimum absolute atomic E-state index is 0.720. The fourth-order valence-corrected chi connectivity index (χ4v) is 1.86. The van der Waals surface area contributed by atoms with E-state index in [0.717, 1.165) is 30.0 Å². The molecule has 1 nitrogen and oxygen atoms in total. The minimum atomic E-state index is 0.720. The van der Waals surface area contributed by atoms with E-state index in [1.807, 2.05) is 12.1 Å². The summed E-state index contributed by atoms with van der Waals surface area (Å²) < 4.78 is 6.72. The second kappa shape index (κ2) is 7.02. The molecule has 0 atom stereocenters. The van der Waals surface area contributed by atoms with E-state index in [-0.39, 0.29) is 0 Å². The lowest BCUT2D eigenvalue weighted by Gasteiger charge is -2.06. The Morgan fingerprint density at radius 3 is 2.80 bits per heavy atom. The average molecular weight is 271 g/mol. The first-order valence-corrected chi connectivity index (χ1v) is 6.30. The zero-order valence-corrected chi connectivity index (χ0v) is 11.1. The van der Waals surface area contributed by atoms with Crippen molar-refractivity contribution in [1.82, 2.24) is 0 Å². The first kappa shape index (κ1) is 12.7. The van der Waals surface area contributed by atoms with E-state index < -0.39 is 0 Å². The summed E-state index contributed by atoms with van der Waals surface area (Å²) in [6.07, 6.45) is 2.41. The summed E-state index contributed by atoms with van der Waals surface area (Å²) in [6, 6.07) is 8.26. The van der Waals surface area contributed by atoms with Crippen molar-refractivity contribution in [3.8, 4) is 0 Å². The molecule has 84 valence electrons. The van der Waals surface area contributed by atoms with E-state index in [4.69, 9.17) is 4.74 Å². The molecule has 0 aliphatic rings. The molecule has 1 aromatic carbocycles. The van der Waals surface area contributed by atoms with Gasteiger partial charge in [-0.1, -0.05) is 41.9 Å². The molecule has 0 saturated carbocycles. The van der Waals surface area contributed by atoms with Crippen molar-refractivity contribution in [2.45, 2.75) is 33.3 Å². The predicted molar refractivity (Wildman–Crippen MR) is 67.9 cm³/mol. The third-order valence-electron chi connectivity index (χ3n) is 2.23. The zero-order chi connectivity index (χ0) is 11.1. The highest BCUT2D eigenvalue weighted by Gasteiger charge is 1.96. The number of hydrogen-bond donors (Lipinski definition) is 0. The number of halogens is 1. The SMILES string of the molecule is CC(C)CCCOCc1cccc(Br)c1. The largest absolute Gasteiger partial charge is 0.377 e. The van der Waals surface area contributed by atoms with E-state index in [1.165, 1.54) is 12.0 Å². The summed E-state index contributed by atoms with van der Waals surface area (Å²) >= 11 is 3.45. The molecule has 0 radical (unpaired) electrons. The Balaban J connectivity index is 2.15. The van der Waals surface area contributed by atoms with Gasteiger partial charge in [-0.3, -0.25) is 0 Å². The van der Waals surface area contributed by atoms with Crippen LogP contribution in [0.2, 0.25) is 0 Å². The van der Waals surface area contributed by atoms with Gasteiger partial charge in [0, 0.05) is 11.1 Å². The highest BCUT2D eigenvalue weighted by atomic mass is 79.9. The van der Waals surface area contributed by atoms with Gasteiger partial charge in [-0.25, -0.2) is 0 Å². The molecule has 0 fully saturated rings. The molecule has 2 heteroatoms. The van der Waals surface area contributed by atoms with Crippen molar-refractivity contribution in [3.63, 3.8) is 0 Å². The first-order valence-electron chi connectivity index (χ1n) is 5.50. The van der Waals surface area contributed by atoms with Crippen LogP contribution in [-0.4, -0.2) is 6.61 Å². The summed E-state index contributed by atoms with van der Waals surface area (Å²) in [7, 11) is 0. The van der Waals surface area contributed by atoms with E-state index in [0.29, 0.717) is 0 Å². The van der Waals surface area contributed by atoms with Crippen LogP contribution >= 0.6 is 15.9 Å². The lowest BCUT2D eigenvalue weighted by atomic mass is 10.1. The molecule has 0 unspecified atom stereocenters. The Kier molecular flexibility index (Phi) is 5.96. The van der Waals surface area contributed by atoms with Gasteiger partial charge in [0.05, 0.1) is 6.61 Å². The van der Waals surface area contributed by atoms with Gasteiger partial charge in [-0.2, -0.15) is 0 Å². The highest BCUT2D eigenvalue weighted by Crippen LogP contribution is 2.12. The molecule has 0 N–H and O–H groups in total. The molecule has 1 aromatic rings. The molecule has 0 bridgehead atoms. The van der Waals surface area contributed by atoms with Gasteiger partial charge in [0.1, 0.15) is 0 Å². The van der Waals surface area contributed by atoms with Gasteiger partial charge >= 0.3 is 0 Å². The van der Waals surface area contributed by atoms with Crippen molar-refractivity contribution in [2.24, 2.45) is 5.92 Å². The maximum Gasteiger partial charge on any atom is 0.0717 e. The maximum atomic E-state index is 5.60. The molecule has 0 aliphatic carbocycles. The highest BCUT2D eigenvalue weighted by molar-refractivity contribution is 9.10. The first-order chi connectivity index (χ1) is 7.18.